The van der Waals surface area contributed by atoms with E-state index in [-0.39, 0.29) is 24.3 Å². The van der Waals surface area contributed by atoms with E-state index in [2.05, 4.69) is 32.1 Å². The number of aromatic nitrogens is 3. The van der Waals surface area contributed by atoms with Gasteiger partial charge < -0.3 is 26.2 Å². The molecule has 0 saturated carbocycles. The number of nitrogens with two attached hydrogens (primary N) is 1. The fraction of sp³-hybridized carbons (Fsp3) is 0.318. The Labute approximate surface area is 197 Å². The van der Waals surface area contributed by atoms with Gasteiger partial charge in [-0.15, -0.1) is 11.3 Å². The molecule has 0 saturated heterocycles. The van der Waals surface area contributed by atoms with Crippen molar-refractivity contribution in [3.8, 4) is 11.8 Å². The summed E-state index contributed by atoms with van der Waals surface area (Å²) >= 11 is 1.13. The van der Waals surface area contributed by atoms with Gasteiger partial charge in [-0.3, -0.25) is 19.4 Å². The van der Waals surface area contributed by atoms with Gasteiger partial charge in [0.05, 0.1) is 15.1 Å². The summed E-state index contributed by atoms with van der Waals surface area (Å²) in [5.74, 6) is 3.11. The predicted molar refractivity (Wildman–Crippen MR) is 126 cm³/mol. The third-order valence-corrected chi connectivity index (χ3v) is 5.86. The van der Waals surface area contributed by atoms with Crippen LogP contribution in [0.5, 0.6) is 0 Å². The minimum atomic E-state index is -1.29. The Balaban J connectivity index is 1.46. The number of carboxylic acids is 2. The second-order valence-corrected chi connectivity index (χ2v) is 8.56. The number of nitrogens with one attached hydrogen (secondary N) is 3. The van der Waals surface area contributed by atoms with Crippen molar-refractivity contribution >= 4 is 46.2 Å². The molecule has 0 bridgehead atoms. The molecule has 0 aliphatic rings. The van der Waals surface area contributed by atoms with Gasteiger partial charge in [0.1, 0.15) is 11.7 Å². The number of hydrogen-bond donors (Lipinski definition) is 6. The summed E-state index contributed by atoms with van der Waals surface area (Å²) in [6.07, 6.45) is 2.49. The van der Waals surface area contributed by atoms with Crippen LogP contribution in [0.25, 0.3) is 11.0 Å². The highest BCUT2D eigenvalue weighted by Gasteiger charge is 2.22. The maximum absolute atomic E-state index is 12.3. The summed E-state index contributed by atoms with van der Waals surface area (Å²) in [4.78, 5) is 56.6. The van der Waals surface area contributed by atoms with Crippen LogP contribution in [0.1, 0.15) is 52.3 Å². The Hall–Kier alpha value is -4.11. The van der Waals surface area contributed by atoms with Crippen molar-refractivity contribution in [2.24, 2.45) is 0 Å². The molecule has 3 rings (SSSR count). The van der Waals surface area contributed by atoms with E-state index in [1.165, 1.54) is 0 Å². The molecule has 0 aromatic carbocycles. The number of rotatable bonds is 10. The molecule has 3 aromatic rings. The van der Waals surface area contributed by atoms with Crippen molar-refractivity contribution in [2.45, 2.75) is 44.6 Å². The zero-order valence-electron chi connectivity index (χ0n) is 18.0. The van der Waals surface area contributed by atoms with Gasteiger partial charge in [0.2, 0.25) is 5.95 Å². The number of unbranched alkanes of at least 4 members (excludes halogenated alkanes) is 2. The molecule has 1 amide bonds. The van der Waals surface area contributed by atoms with Gasteiger partial charge >= 0.3 is 11.9 Å². The number of H-pyrrole nitrogens is 2. The maximum atomic E-state index is 12.3. The smallest absolute Gasteiger partial charge is 0.326 e. The fourth-order valence-corrected chi connectivity index (χ4v) is 3.97. The number of aryl methyl sites for hydroxylation is 1. The highest BCUT2D eigenvalue weighted by Crippen LogP contribution is 2.16. The van der Waals surface area contributed by atoms with Crippen LogP contribution in [0.15, 0.2) is 23.0 Å². The van der Waals surface area contributed by atoms with Gasteiger partial charge in [-0.1, -0.05) is 11.8 Å². The highest BCUT2D eigenvalue weighted by molar-refractivity contribution is 7.14. The number of hydrogen-bond acceptors (Lipinski definition) is 7. The minimum absolute atomic E-state index is 0.0651. The molecule has 0 aliphatic carbocycles. The SMILES string of the molecule is Nc1nc2[nH]c(CCCCC#Cc3ccc(C(=O)NC(CCC(=O)O)C(=O)O)s3)cc2c(=O)[nH]1. The second-order valence-electron chi connectivity index (χ2n) is 7.48. The molecule has 178 valence electrons. The molecule has 11 nitrogen and oxygen atoms in total. The highest BCUT2D eigenvalue weighted by atomic mass is 32.1. The number of carbonyl (C=O) groups excluding carboxylic acids is 1. The number of carbonyl (C=O) groups is 3. The minimum Gasteiger partial charge on any atom is -0.481 e. The zero-order valence-corrected chi connectivity index (χ0v) is 18.8. The standard InChI is InChI=1S/C22H23N5O6S/c23-22-26-18-14(19(30)27-22)11-12(24-18)5-3-1-2-4-6-13-7-9-16(34-13)20(31)25-15(21(32)33)8-10-17(28)29/h7,9,11,15H,1-3,5,8,10H2,(H,25,31)(H,28,29)(H,32,33)(H4,23,24,26,27,30). The lowest BCUT2D eigenvalue weighted by Crippen LogP contribution is -2.40. The molecule has 1 atom stereocenters. The van der Waals surface area contributed by atoms with E-state index < -0.39 is 23.9 Å². The quantitative estimate of drug-likeness (QED) is 0.185. The molecular weight excluding hydrogens is 462 g/mol. The lowest BCUT2D eigenvalue weighted by atomic mass is 10.1. The molecule has 34 heavy (non-hydrogen) atoms. The molecule has 0 spiro atoms. The number of anilines is 1. The van der Waals surface area contributed by atoms with Crippen molar-refractivity contribution in [3.05, 3.63) is 44.0 Å². The monoisotopic (exact) mass is 485 g/mol. The van der Waals surface area contributed by atoms with Gasteiger partial charge in [0, 0.05) is 18.5 Å². The Morgan fingerprint density at radius 1 is 1.21 bits per heavy atom. The van der Waals surface area contributed by atoms with E-state index in [1.54, 1.807) is 18.2 Å². The van der Waals surface area contributed by atoms with Gasteiger partial charge in [0.15, 0.2) is 0 Å². The lowest BCUT2D eigenvalue weighted by molar-refractivity contribution is -0.140. The number of aromatic amines is 2. The zero-order chi connectivity index (χ0) is 24.7. The van der Waals surface area contributed by atoms with Crippen molar-refractivity contribution < 1.29 is 24.6 Å². The van der Waals surface area contributed by atoms with Crippen molar-refractivity contribution in [1.82, 2.24) is 20.3 Å². The topological polar surface area (TPSA) is 191 Å². The maximum Gasteiger partial charge on any atom is 0.326 e. The first-order valence-electron chi connectivity index (χ1n) is 10.4. The Morgan fingerprint density at radius 3 is 2.74 bits per heavy atom. The van der Waals surface area contributed by atoms with Gasteiger partial charge in [-0.25, -0.2) is 4.79 Å². The molecule has 0 radical (unpaired) electrons. The van der Waals surface area contributed by atoms with E-state index in [0.29, 0.717) is 27.2 Å². The summed E-state index contributed by atoms with van der Waals surface area (Å²) in [5.41, 5.74) is 6.62. The van der Waals surface area contributed by atoms with Crippen molar-refractivity contribution in [2.75, 3.05) is 5.73 Å². The first kappa shape index (κ1) is 24.5. The lowest BCUT2D eigenvalue weighted by Gasteiger charge is -2.12. The predicted octanol–water partition coefficient (Wildman–Crippen LogP) is 1.71. The van der Waals surface area contributed by atoms with E-state index in [9.17, 15) is 19.2 Å². The summed E-state index contributed by atoms with van der Waals surface area (Å²) in [5, 5.41) is 20.7. The number of nitrogens with zero attached hydrogens (tertiary/aromatic N) is 1. The summed E-state index contributed by atoms with van der Waals surface area (Å²) in [7, 11) is 0. The van der Waals surface area contributed by atoms with Crippen LogP contribution in [0.2, 0.25) is 0 Å². The number of amides is 1. The van der Waals surface area contributed by atoms with E-state index in [1.807, 2.05) is 0 Å². The Bertz CT molecular complexity index is 1330. The second kappa shape index (κ2) is 11.2. The van der Waals surface area contributed by atoms with Crippen LogP contribution in [0, 0.1) is 11.8 Å². The number of carboxylic acid groups (broad SMARTS) is 2. The summed E-state index contributed by atoms with van der Waals surface area (Å²) in [6, 6.07) is 3.73. The molecule has 0 aliphatic heterocycles. The summed E-state index contributed by atoms with van der Waals surface area (Å²) in [6.45, 7) is 0. The van der Waals surface area contributed by atoms with Crippen LogP contribution >= 0.6 is 11.3 Å². The van der Waals surface area contributed by atoms with Crippen LogP contribution in [-0.2, 0) is 16.0 Å². The number of thiophene rings is 1. The average Bonchev–Trinajstić information content (AvgIpc) is 3.40. The van der Waals surface area contributed by atoms with Gasteiger partial charge in [0.25, 0.3) is 11.5 Å². The van der Waals surface area contributed by atoms with Crippen LogP contribution < -0.4 is 16.6 Å². The normalized spacial score (nSPS) is 11.5. The molecule has 7 N–H and O–H groups in total. The number of aliphatic carboxylic acids is 2. The van der Waals surface area contributed by atoms with Crippen LogP contribution in [-0.4, -0.2) is 49.1 Å². The molecule has 12 heteroatoms. The third-order valence-electron chi connectivity index (χ3n) is 4.86. The Kier molecular flexibility index (Phi) is 8.05. The number of nitrogen functional groups attached to an aromatic ring is 1. The van der Waals surface area contributed by atoms with Crippen LogP contribution in [0.3, 0.4) is 0 Å². The largest absolute Gasteiger partial charge is 0.481 e. The molecule has 0 fully saturated rings. The van der Waals surface area contributed by atoms with Crippen LogP contribution in [0.4, 0.5) is 5.95 Å². The first-order chi connectivity index (χ1) is 16.2. The van der Waals surface area contributed by atoms with Crippen molar-refractivity contribution in [3.63, 3.8) is 0 Å². The van der Waals surface area contributed by atoms with E-state index >= 15 is 0 Å². The van der Waals surface area contributed by atoms with Gasteiger partial charge in [-0.05, 0) is 43.9 Å². The van der Waals surface area contributed by atoms with E-state index in [4.69, 9.17) is 15.9 Å². The molecular formula is C22H23N5O6S. The molecule has 3 heterocycles. The van der Waals surface area contributed by atoms with Crippen molar-refractivity contribution in [1.29, 1.82) is 0 Å². The number of fused-ring (bicyclic) bond motifs is 1. The summed E-state index contributed by atoms with van der Waals surface area (Å²) < 4.78 is 0. The Morgan fingerprint density at radius 2 is 2.00 bits per heavy atom. The van der Waals surface area contributed by atoms with Gasteiger partial charge in [-0.2, -0.15) is 4.98 Å². The fourth-order valence-electron chi connectivity index (χ4n) is 3.19. The average molecular weight is 486 g/mol. The third kappa shape index (κ3) is 6.69. The first-order valence-corrected chi connectivity index (χ1v) is 11.3. The molecule has 1 unspecified atom stereocenters. The van der Waals surface area contributed by atoms with E-state index in [0.717, 1.165) is 36.3 Å². The molecule has 3 aromatic heterocycles.